The van der Waals surface area contributed by atoms with E-state index in [1.54, 1.807) is 14.2 Å². The van der Waals surface area contributed by atoms with E-state index in [-0.39, 0.29) is 6.04 Å². The zero-order valence-corrected chi connectivity index (χ0v) is 8.54. The van der Waals surface area contributed by atoms with Crippen LogP contribution in [0, 0.1) is 0 Å². The molecule has 0 spiro atoms. The lowest BCUT2D eigenvalue weighted by atomic mass is 10.1. The van der Waals surface area contributed by atoms with Gasteiger partial charge in [-0.1, -0.05) is 0 Å². The maximum absolute atomic E-state index is 5.97. The molecule has 1 aromatic carbocycles. The van der Waals surface area contributed by atoms with Crippen LogP contribution < -0.4 is 15.2 Å². The third-order valence-corrected chi connectivity index (χ3v) is 2.77. The van der Waals surface area contributed by atoms with Gasteiger partial charge in [0.25, 0.3) is 0 Å². The van der Waals surface area contributed by atoms with E-state index < -0.39 is 0 Å². The third-order valence-electron chi connectivity index (χ3n) is 2.77. The molecule has 0 bridgehead atoms. The number of hydrogen-bond donors (Lipinski definition) is 1. The molecule has 1 aromatic rings. The Morgan fingerprint density at radius 3 is 2.50 bits per heavy atom. The second-order valence-corrected chi connectivity index (χ2v) is 3.55. The van der Waals surface area contributed by atoms with E-state index in [1.165, 1.54) is 11.1 Å². The summed E-state index contributed by atoms with van der Waals surface area (Å²) in [7, 11) is 3.30. The minimum Gasteiger partial charge on any atom is -0.493 e. The number of benzene rings is 1. The van der Waals surface area contributed by atoms with Crippen LogP contribution in [0.3, 0.4) is 0 Å². The van der Waals surface area contributed by atoms with Gasteiger partial charge in [0.15, 0.2) is 11.5 Å². The Bertz CT molecular complexity index is 349. The van der Waals surface area contributed by atoms with Crippen molar-refractivity contribution >= 4 is 0 Å². The molecule has 1 aliphatic carbocycles. The number of hydrogen-bond acceptors (Lipinski definition) is 3. The van der Waals surface area contributed by atoms with Crippen molar-refractivity contribution in [3.8, 4) is 11.5 Å². The van der Waals surface area contributed by atoms with E-state index in [0.29, 0.717) is 0 Å². The summed E-state index contributed by atoms with van der Waals surface area (Å²) in [4.78, 5) is 0. The summed E-state index contributed by atoms with van der Waals surface area (Å²) >= 11 is 0. The van der Waals surface area contributed by atoms with Gasteiger partial charge in [0.1, 0.15) is 0 Å². The van der Waals surface area contributed by atoms with Crippen LogP contribution in [0.5, 0.6) is 11.5 Å². The van der Waals surface area contributed by atoms with Crippen LogP contribution in [-0.2, 0) is 6.42 Å². The van der Waals surface area contributed by atoms with Crippen LogP contribution in [0.1, 0.15) is 23.6 Å². The maximum atomic E-state index is 5.97. The number of methoxy groups -OCH3 is 2. The molecule has 3 nitrogen and oxygen atoms in total. The molecule has 0 saturated heterocycles. The van der Waals surface area contributed by atoms with Gasteiger partial charge in [-0.15, -0.1) is 0 Å². The summed E-state index contributed by atoms with van der Waals surface area (Å²) in [6.07, 6.45) is 2.06. The van der Waals surface area contributed by atoms with Gasteiger partial charge in [-0.05, 0) is 36.1 Å². The van der Waals surface area contributed by atoms with Gasteiger partial charge in [0, 0.05) is 6.04 Å². The van der Waals surface area contributed by atoms with Crippen molar-refractivity contribution in [2.75, 3.05) is 14.2 Å². The maximum Gasteiger partial charge on any atom is 0.161 e. The number of aryl methyl sites for hydroxylation is 1. The Morgan fingerprint density at radius 1 is 1.21 bits per heavy atom. The second kappa shape index (κ2) is 3.50. The van der Waals surface area contributed by atoms with Gasteiger partial charge in [-0.2, -0.15) is 0 Å². The fraction of sp³-hybridized carbons (Fsp3) is 0.455. The number of fused-ring (bicyclic) bond motifs is 1. The molecule has 1 atom stereocenters. The van der Waals surface area contributed by atoms with Crippen molar-refractivity contribution in [3.63, 3.8) is 0 Å². The monoisotopic (exact) mass is 193 g/mol. The summed E-state index contributed by atoms with van der Waals surface area (Å²) in [5.74, 6) is 1.56. The summed E-state index contributed by atoms with van der Waals surface area (Å²) in [6.45, 7) is 0. The van der Waals surface area contributed by atoms with Crippen LogP contribution in [-0.4, -0.2) is 14.2 Å². The van der Waals surface area contributed by atoms with Gasteiger partial charge in [-0.25, -0.2) is 0 Å². The van der Waals surface area contributed by atoms with Crippen LogP contribution in [0.15, 0.2) is 12.1 Å². The molecule has 3 heteroatoms. The average Bonchev–Trinajstić information content (AvgIpc) is 2.58. The fourth-order valence-electron chi connectivity index (χ4n) is 1.96. The van der Waals surface area contributed by atoms with Crippen LogP contribution in [0.25, 0.3) is 0 Å². The Hall–Kier alpha value is -1.22. The van der Waals surface area contributed by atoms with Gasteiger partial charge in [0.05, 0.1) is 14.2 Å². The highest BCUT2D eigenvalue weighted by Crippen LogP contribution is 2.38. The van der Waals surface area contributed by atoms with Crippen LogP contribution in [0.4, 0.5) is 0 Å². The Balaban J connectivity index is 2.49. The lowest BCUT2D eigenvalue weighted by Crippen LogP contribution is -2.05. The first-order valence-electron chi connectivity index (χ1n) is 4.76. The molecule has 0 unspecified atom stereocenters. The number of ether oxygens (including phenoxy) is 2. The topological polar surface area (TPSA) is 44.5 Å². The molecule has 0 saturated carbocycles. The molecular formula is C11H15NO2. The summed E-state index contributed by atoms with van der Waals surface area (Å²) in [6, 6.07) is 4.18. The first-order chi connectivity index (χ1) is 6.76. The van der Waals surface area contributed by atoms with E-state index in [4.69, 9.17) is 15.2 Å². The van der Waals surface area contributed by atoms with Gasteiger partial charge in [-0.3, -0.25) is 0 Å². The molecule has 0 aromatic heterocycles. The molecule has 0 amide bonds. The summed E-state index contributed by atoms with van der Waals surface area (Å²) in [5, 5.41) is 0. The van der Waals surface area contributed by atoms with Gasteiger partial charge >= 0.3 is 0 Å². The zero-order chi connectivity index (χ0) is 10.1. The average molecular weight is 193 g/mol. The lowest BCUT2D eigenvalue weighted by Gasteiger charge is -2.11. The molecule has 0 radical (unpaired) electrons. The highest BCUT2D eigenvalue weighted by Gasteiger charge is 2.21. The normalized spacial score (nSPS) is 19.2. The first-order valence-corrected chi connectivity index (χ1v) is 4.76. The van der Waals surface area contributed by atoms with Crippen molar-refractivity contribution in [1.29, 1.82) is 0 Å². The van der Waals surface area contributed by atoms with Crippen LogP contribution >= 0.6 is 0 Å². The van der Waals surface area contributed by atoms with Crippen molar-refractivity contribution in [2.45, 2.75) is 18.9 Å². The summed E-state index contributed by atoms with van der Waals surface area (Å²) < 4.78 is 10.5. The Kier molecular flexibility index (Phi) is 2.33. The molecule has 0 heterocycles. The van der Waals surface area contributed by atoms with Crippen molar-refractivity contribution in [2.24, 2.45) is 5.73 Å². The Labute approximate surface area is 83.8 Å². The van der Waals surface area contributed by atoms with E-state index in [2.05, 4.69) is 0 Å². The van der Waals surface area contributed by atoms with E-state index in [9.17, 15) is 0 Å². The van der Waals surface area contributed by atoms with Gasteiger partial charge < -0.3 is 15.2 Å². The molecule has 0 fully saturated rings. The summed E-state index contributed by atoms with van der Waals surface area (Å²) in [5.41, 5.74) is 8.45. The number of nitrogens with two attached hydrogens (primary N) is 1. The first kappa shape index (κ1) is 9.34. The van der Waals surface area contributed by atoms with E-state index in [1.807, 2.05) is 12.1 Å². The highest BCUT2D eigenvalue weighted by atomic mass is 16.5. The van der Waals surface area contributed by atoms with Crippen molar-refractivity contribution in [3.05, 3.63) is 23.3 Å². The van der Waals surface area contributed by atoms with Crippen LogP contribution in [0.2, 0.25) is 0 Å². The Morgan fingerprint density at radius 2 is 1.86 bits per heavy atom. The highest BCUT2D eigenvalue weighted by molar-refractivity contribution is 5.50. The van der Waals surface area contributed by atoms with Crippen molar-refractivity contribution < 1.29 is 9.47 Å². The molecule has 0 aliphatic heterocycles. The molecule has 14 heavy (non-hydrogen) atoms. The minimum atomic E-state index is 0.157. The predicted octanol–water partition coefficient (Wildman–Crippen LogP) is 1.65. The molecule has 76 valence electrons. The molecule has 2 N–H and O–H groups in total. The third kappa shape index (κ3) is 1.34. The zero-order valence-electron chi connectivity index (χ0n) is 8.54. The minimum absolute atomic E-state index is 0.157. The van der Waals surface area contributed by atoms with E-state index in [0.717, 1.165) is 24.3 Å². The van der Waals surface area contributed by atoms with Crippen molar-refractivity contribution in [1.82, 2.24) is 0 Å². The largest absolute Gasteiger partial charge is 0.493 e. The standard InChI is InChI=1S/C11H15NO2/c1-13-10-5-7-3-4-9(12)8(7)6-11(10)14-2/h5-6,9H,3-4,12H2,1-2H3/t9-/m1/s1. The molecular weight excluding hydrogens is 178 g/mol. The quantitative estimate of drug-likeness (QED) is 0.776. The smallest absolute Gasteiger partial charge is 0.161 e. The SMILES string of the molecule is COc1cc2c(cc1OC)[C@H](N)CC2. The molecule has 2 rings (SSSR count). The van der Waals surface area contributed by atoms with Gasteiger partial charge in [0.2, 0.25) is 0 Å². The lowest BCUT2D eigenvalue weighted by molar-refractivity contribution is 0.354. The fourth-order valence-corrected chi connectivity index (χ4v) is 1.96. The number of rotatable bonds is 2. The second-order valence-electron chi connectivity index (χ2n) is 3.55. The predicted molar refractivity (Wildman–Crippen MR) is 54.8 cm³/mol. The molecule has 1 aliphatic rings. The van der Waals surface area contributed by atoms with E-state index >= 15 is 0 Å².